The summed E-state index contributed by atoms with van der Waals surface area (Å²) >= 11 is 5.49. The highest BCUT2D eigenvalue weighted by molar-refractivity contribution is 14.1. The fourth-order valence-electron chi connectivity index (χ4n) is 3.01. The number of ether oxygens (including phenoxy) is 3. The van der Waals surface area contributed by atoms with Gasteiger partial charge in [0.05, 0.1) is 33.4 Å². The second-order valence-electron chi connectivity index (χ2n) is 7.27. The summed E-state index contributed by atoms with van der Waals surface area (Å²) in [7, 11) is 0. The number of benzene rings is 2. The third-order valence-electron chi connectivity index (χ3n) is 4.33. The molecule has 0 unspecified atom stereocenters. The molecule has 3 aromatic rings. The molecule has 0 aliphatic heterocycles. The molecule has 0 bridgehead atoms. The molecule has 0 atom stereocenters. The van der Waals surface area contributed by atoms with Gasteiger partial charge in [-0.3, -0.25) is 4.79 Å². The van der Waals surface area contributed by atoms with E-state index in [0.717, 1.165) is 8.04 Å². The Bertz CT molecular complexity index is 1270. The molecule has 1 heterocycles. The first-order valence-corrected chi connectivity index (χ1v) is 12.1. The minimum absolute atomic E-state index is 0.220. The Morgan fingerprint density at radius 1 is 1.27 bits per heavy atom. The Kier molecular flexibility index (Phi) is 8.46. The van der Waals surface area contributed by atoms with Crippen LogP contribution in [0, 0.1) is 10.5 Å². The lowest BCUT2D eigenvalue weighted by molar-refractivity contribution is -0.149. The molecule has 1 aromatic heterocycles. The summed E-state index contributed by atoms with van der Waals surface area (Å²) in [6.45, 7) is 7.31. The molecule has 174 valence electrons. The number of carbonyl (C=O) groups is 1. The first kappa shape index (κ1) is 25.2. The van der Waals surface area contributed by atoms with Crippen molar-refractivity contribution in [2.75, 3.05) is 13.2 Å². The van der Waals surface area contributed by atoms with E-state index in [0.29, 0.717) is 40.4 Å². The van der Waals surface area contributed by atoms with Crippen LogP contribution >= 0.6 is 38.5 Å². The molecule has 0 fully saturated rings. The minimum Gasteiger partial charge on any atom is -0.490 e. The summed E-state index contributed by atoms with van der Waals surface area (Å²) in [4.78, 5) is 29.3. The lowest BCUT2D eigenvalue weighted by atomic mass is 10.2. The molecule has 0 spiro atoms. The van der Waals surface area contributed by atoms with Crippen molar-refractivity contribution in [1.29, 1.82) is 0 Å². The Hall–Kier alpha value is -2.47. The van der Waals surface area contributed by atoms with Crippen LogP contribution in [0.3, 0.4) is 0 Å². The molecule has 0 N–H and O–H groups in total. The number of fused-ring (bicyclic) bond motifs is 1. The predicted molar refractivity (Wildman–Crippen MR) is 138 cm³/mol. The van der Waals surface area contributed by atoms with Gasteiger partial charge in [-0.25, -0.2) is 9.78 Å². The van der Waals surface area contributed by atoms with Crippen LogP contribution in [0.2, 0.25) is 0 Å². The molecular formula is C23H23BrIN3O5. The molecule has 0 radical (unpaired) electrons. The fourth-order valence-corrected chi connectivity index (χ4v) is 4.16. The van der Waals surface area contributed by atoms with E-state index in [1.54, 1.807) is 45.2 Å². The zero-order valence-corrected chi connectivity index (χ0v) is 22.3. The smallest absolute Gasteiger partial charge is 0.344 e. The molecule has 8 nitrogen and oxygen atoms in total. The van der Waals surface area contributed by atoms with Crippen LogP contribution in [0.4, 0.5) is 0 Å². The number of halogens is 2. The van der Waals surface area contributed by atoms with Crippen molar-refractivity contribution < 1.29 is 19.0 Å². The van der Waals surface area contributed by atoms with Crippen LogP contribution in [0.15, 0.2) is 44.7 Å². The summed E-state index contributed by atoms with van der Waals surface area (Å²) in [5, 5.41) is 4.83. The molecule has 10 heteroatoms. The third-order valence-corrected chi connectivity index (χ3v) is 5.62. The van der Waals surface area contributed by atoms with E-state index in [2.05, 4.69) is 48.6 Å². The maximum Gasteiger partial charge on any atom is 0.344 e. The standard InChI is InChI=1S/C23H23BrIN3O5/c1-5-31-20-9-15(8-18(25)22(20)32-12-21(29)33-13(2)3)11-26-28-14(4)27-19-7-6-16(24)10-17(19)23(28)30/h6-11,13H,5,12H2,1-4H3. The monoisotopic (exact) mass is 627 g/mol. The number of esters is 1. The summed E-state index contributed by atoms with van der Waals surface area (Å²) in [5.74, 6) is 0.919. The molecule has 0 amide bonds. The summed E-state index contributed by atoms with van der Waals surface area (Å²) in [6, 6.07) is 8.91. The van der Waals surface area contributed by atoms with Gasteiger partial charge >= 0.3 is 5.97 Å². The number of rotatable bonds is 8. The first-order chi connectivity index (χ1) is 15.7. The van der Waals surface area contributed by atoms with Crippen molar-refractivity contribution in [1.82, 2.24) is 9.66 Å². The normalized spacial score (nSPS) is 11.4. The molecule has 2 aromatic carbocycles. The van der Waals surface area contributed by atoms with Crippen LogP contribution in [0.25, 0.3) is 10.9 Å². The van der Waals surface area contributed by atoms with Gasteiger partial charge in [-0.05, 0) is 86.2 Å². The molecule has 0 aliphatic rings. The molecule has 33 heavy (non-hydrogen) atoms. The van der Waals surface area contributed by atoms with Crippen molar-refractivity contribution in [3.05, 3.63) is 60.1 Å². The zero-order valence-electron chi connectivity index (χ0n) is 18.6. The van der Waals surface area contributed by atoms with Crippen molar-refractivity contribution in [3.63, 3.8) is 0 Å². The summed E-state index contributed by atoms with van der Waals surface area (Å²) in [6.07, 6.45) is 1.34. The van der Waals surface area contributed by atoms with Crippen LogP contribution in [0.1, 0.15) is 32.2 Å². The van der Waals surface area contributed by atoms with E-state index >= 15 is 0 Å². The van der Waals surface area contributed by atoms with Crippen LogP contribution in [0.5, 0.6) is 11.5 Å². The number of carbonyl (C=O) groups excluding carboxylic acids is 1. The van der Waals surface area contributed by atoms with Gasteiger partial charge in [0.15, 0.2) is 18.1 Å². The predicted octanol–water partition coefficient (Wildman–Crippen LogP) is 4.68. The number of hydrogen-bond donors (Lipinski definition) is 0. The average molecular weight is 628 g/mol. The van der Waals surface area contributed by atoms with E-state index in [1.807, 2.05) is 19.1 Å². The topological polar surface area (TPSA) is 92.0 Å². The molecular weight excluding hydrogens is 605 g/mol. The van der Waals surface area contributed by atoms with Gasteiger partial charge in [0.2, 0.25) is 0 Å². The summed E-state index contributed by atoms with van der Waals surface area (Å²) in [5.41, 5.74) is 1.04. The highest BCUT2D eigenvalue weighted by atomic mass is 127. The van der Waals surface area contributed by atoms with Crippen molar-refractivity contribution in [2.24, 2.45) is 5.10 Å². The molecule has 0 saturated heterocycles. The second kappa shape index (κ2) is 11.1. The van der Waals surface area contributed by atoms with Gasteiger partial charge < -0.3 is 14.2 Å². The second-order valence-corrected chi connectivity index (χ2v) is 9.35. The number of nitrogens with zero attached hydrogens (tertiary/aromatic N) is 3. The van der Waals surface area contributed by atoms with E-state index in [4.69, 9.17) is 14.2 Å². The van der Waals surface area contributed by atoms with Crippen LogP contribution < -0.4 is 15.0 Å². The number of hydrogen-bond acceptors (Lipinski definition) is 7. The highest BCUT2D eigenvalue weighted by Gasteiger charge is 2.15. The van der Waals surface area contributed by atoms with Gasteiger partial charge in [0, 0.05) is 4.47 Å². The lowest BCUT2D eigenvalue weighted by Gasteiger charge is -2.15. The zero-order chi connectivity index (χ0) is 24.1. The molecule has 0 aliphatic carbocycles. The van der Waals surface area contributed by atoms with Crippen molar-refractivity contribution in [3.8, 4) is 11.5 Å². The quantitative estimate of drug-likeness (QED) is 0.205. The first-order valence-electron chi connectivity index (χ1n) is 10.2. The van der Waals surface area contributed by atoms with Gasteiger partial charge in [-0.15, -0.1) is 0 Å². The molecule has 0 saturated carbocycles. The van der Waals surface area contributed by atoms with E-state index in [9.17, 15) is 9.59 Å². The lowest BCUT2D eigenvalue weighted by Crippen LogP contribution is -2.20. The van der Waals surface area contributed by atoms with E-state index in [1.165, 1.54) is 4.68 Å². The Balaban J connectivity index is 1.93. The summed E-state index contributed by atoms with van der Waals surface area (Å²) < 4.78 is 19.3. The van der Waals surface area contributed by atoms with Gasteiger partial charge in [-0.1, -0.05) is 15.9 Å². The molecule has 3 rings (SSSR count). The average Bonchev–Trinajstić information content (AvgIpc) is 2.73. The van der Waals surface area contributed by atoms with Gasteiger partial charge in [0.1, 0.15) is 5.82 Å². The maximum atomic E-state index is 12.9. The van der Waals surface area contributed by atoms with Gasteiger partial charge in [0.25, 0.3) is 5.56 Å². The third kappa shape index (κ3) is 6.32. The SMILES string of the molecule is CCOc1cc(C=Nn2c(C)nc3ccc(Br)cc3c2=O)cc(I)c1OCC(=O)OC(C)C. The van der Waals surface area contributed by atoms with E-state index in [-0.39, 0.29) is 18.3 Å². The van der Waals surface area contributed by atoms with Gasteiger partial charge in [-0.2, -0.15) is 9.78 Å². The minimum atomic E-state index is -0.459. The Morgan fingerprint density at radius 2 is 2.03 bits per heavy atom. The van der Waals surface area contributed by atoms with Crippen LogP contribution in [-0.2, 0) is 9.53 Å². The fraction of sp³-hybridized carbons (Fsp3) is 0.304. The Morgan fingerprint density at radius 3 is 2.73 bits per heavy atom. The van der Waals surface area contributed by atoms with Crippen molar-refractivity contribution >= 4 is 61.6 Å². The number of aromatic nitrogens is 2. The van der Waals surface area contributed by atoms with E-state index < -0.39 is 5.97 Å². The number of aryl methyl sites for hydroxylation is 1. The Labute approximate surface area is 213 Å². The largest absolute Gasteiger partial charge is 0.490 e. The van der Waals surface area contributed by atoms with Crippen molar-refractivity contribution in [2.45, 2.75) is 33.8 Å². The maximum absolute atomic E-state index is 12.9. The van der Waals surface area contributed by atoms with Crippen LogP contribution in [-0.4, -0.2) is 41.2 Å². The highest BCUT2D eigenvalue weighted by Crippen LogP contribution is 2.34.